The average molecular weight is 247 g/mol. The van der Waals surface area contributed by atoms with Crippen LogP contribution in [0.5, 0.6) is 0 Å². The normalized spacial score (nSPS) is 19.7. The van der Waals surface area contributed by atoms with E-state index in [4.69, 9.17) is 0 Å². The van der Waals surface area contributed by atoms with Gasteiger partial charge in [0.25, 0.3) is 0 Å². The highest BCUT2D eigenvalue weighted by molar-refractivity contribution is 6.05. The maximum absolute atomic E-state index is 11.9. The third-order valence-corrected chi connectivity index (χ3v) is 3.04. The van der Waals surface area contributed by atoms with Crippen LogP contribution >= 0.6 is 0 Å². The molecule has 0 aromatic carbocycles. The molecule has 1 unspecified atom stereocenters. The van der Waals surface area contributed by atoms with Crippen LogP contribution in [0, 0.1) is 6.92 Å². The maximum Gasteiger partial charge on any atom is 0.246 e. The standard InChI is InChI=1S/C13H17N3O2/c1-3-16-12(17)7-11(13(16)18)14-8-10-6-4-5-9(2)15-10/h4-6,11,14H,3,7-8H2,1-2H3. The zero-order chi connectivity index (χ0) is 13.1. The van der Waals surface area contributed by atoms with Gasteiger partial charge in [-0.25, -0.2) is 0 Å². The van der Waals surface area contributed by atoms with Gasteiger partial charge in [0.1, 0.15) is 0 Å². The summed E-state index contributed by atoms with van der Waals surface area (Å²) < 4.78 is 0. The number of imide groups is 1. The van der Waals surface area contributed by atoms with E-state index in [2.05, 4.69) is 10.3 Å². The Bertz CT molecular complexity index is 473. The molecule has 1 saturated heterocycles. The lowest BCUT2D eigenvalue weighted by atomic mass is 10.2. The number of hydrogen-bond donors (Lipinski definition) is 1. The molecular formula is C13H17N3O2. The van der Waals surface area contributed by atoms with Gasteiger partial charge in [0, 0.05) is 18.8 Å². The van der Waals surface area contributed by atoms with E-state index in [1.165, 1.54) is 4.90 Å². The Morgan fingerprint density at radius 2 is 2.22 bits per heavy atom. The summed E-state index contributed by atoms with van der Waals surface area (Å²) in [5, 5.41) is 3.10. The lowest BCUT2D eigenvalue weighted by Crippen LogP contribution is -2.38. The zero-order valence-corrected chi connectivity index (χ0v) is 10.6. The van der Waals surface area contributed by atoms with Crippen molar-refractivity contribution in [3.63, 3.8) is 0 Å². The average Bonchev–Trinajstić information content (AvgIpc) is 2.61. The minimum absolute atomic E-state index is 0.0998. The van der Waals surface area contributed by atoms with Crippen molar-refractivity contribution in [3.8, 4) is 0 Å². The molecule has 0 bridgehead atoms. The minimum Gasteiger partial charge on any atom is -0.300 e. The Morgan fingerprint density at radius 3 is 2.83 bits per heavy atom. The first kappa shape index (κ1) is 12.7. The highest BCUT2D eigenvalue weighted by atomic mass is 16.2. The van der Waals surface area contributed by atoms with Crippen LogP contribution in [0.3, 0.4) is 0 Å². The maximum atomic E-state index is 11.9. The number of amides is 2. The van der Waals surface area contributed by atoms with E-state index in [9.17, 15) is 9.59 Å². The molecule has 96 valence electrons. The summed E-state index contributed by atoms with van der Waals surface area (Å²) in [6.07, 6.45) is 0.249. The number of hydrogen-bond acceptors (Lipinski definition) is 4. The van der Waals surface area contributed by atoms with Gasteiger partial charge in [-0.05, 0) is 26.0 Å². The second-order valence-electron chi connectivity index (χ2n) is 4.38. The first-order valence-electron chi connectivity index (χ1n) is 6.12. The Kier molecular flexibility index (Phi) is 3.72. The van der Waals surface area contributed by atoms with E-state index in [1.54, 1.807) is 6.92 Å². The van der Waals surface area contributed by atoms with Gasteiger partial charge in [-0.2, -0.15) is 0 Å². The topological polar surface area (TPSA) is 62.3 Å². The third kappa shape index (κ3) is 2.56. The summed E-state index contributed by atoms with van der Waals surface area (Å²) in [5.74, 6) is -0.229. The number of carbonyl (C=O) groups is 2. The van der Waals surface area contributed by atoms with Crippen molar-refractivity contribution in [2.75, 3.05) is 6.54 Å². The molecule has 0 radical (unpaired) electrons. The predicted octanol–water partition coefficient (Wildman–Crippen LogP) is 0.627. The summed E-state index contributed by atoms with van der Waals surface area (Å²) in [6.45, 7) is 4.67. The highest BCUT2D eigenvalue weighted by Gasteiger charge is 2.36. The first-order chi connectivity index (χ1) is 8.61. The van der Waals surface area contributed by atoms with Gasteiger partial charge in [-0.1, -0.05) is 6.07 Å². The molecule has 5 heteroatoms. The summed E-state index contributed by atoms with van der Waals surface area (Å²) >= 11 is 0. The fourth-order valence-corrected chi connectivity index (χ4v) is 2.10. The molecule has 1 N–H and O–H groups in total. The number of pyridine rings is 1. The van der Waals surface area contributed by atoms with Crippen LogP contribution in [0.4, 0.5) is 0 Å². The van der Waals surface area contributed by atoms with E-state index in [-0.39, 0.29) is 18.2 Å². The Morgan fingerprint density at radius 1 is 1.44 bits per heavy atom. The van der Waals surface area contributed by atoms with Crippen LogP contribution in [0.15, 0.2) is 18.2 Å². The summed E-state index contributed by atoms with van der Waals surface area (Å²) in [4.78, 5) is 29.0. The van der Waals surface area contributed by atoms with Gasteiger partial charge in [-0.15, -0.1) is 0 Å². The second-order valence-corrected chi connectivity index (χ2v) is 4.38. The number of aryl methyl sites for hydroxylation is 1. The summed E-state index contributed by atoms with van der Waals surface area (Å²) in [5.41, 5.74) is 1.82. The number of nitrogens with zero attached hydrogens (tertiary/aromatic N) is 2. The van der Waals surface area contributed by atoms with Gasteiger partial charge in [-0.3, -0.25) is 24.8 Å². The van der Waals surface area contributed by atoms with E-state index < -0.39 is 6.04 Å². The van der Waals surface area contributed by atoms with Crippen LogP contribution < -0.4 is 5.32 Å². The van der Waals surface area contributed by atoms with Crippen molar-refractivity contribution in [1.29, 1.82) is 0 Å². The number of likely N-dealkylation sites (tertiary alicyclic amines) is 1. The smallest absolute Gasteiger partial charge is 0.246 e. The van der Waals surface area contributed by atoms with Gasteiger partial charge < -0.3 is 0 Å². The van der Waals surface area contributed by atoms with E-state index in [0.29, 0.717) is 13.1 Å². The Hall–Kier alpha value is -1.75. The molecule has 1 atom stereocenters. The van der Waals surface area contributed by atoms with E-state index in [1.807, 2.05) is 25.1 Å². The van der Waals surface area contributed by atoms with Gasteiger partial charge in [0.05, 0.1) is 18.2 Å². The van der Waals surface area contributed by atoms with Crippen molar-refractivity contribution < 1.29 is 9.59 Å². The van der Waals surface area contributed by atoms with Crippen molar-refractivity contribution in [2.45, 2.75) is 32.9 Å². The lowest BCUT2D eigenvalue weighted by Gasteiger charge is -2.12. The number of likely N-dealkylation sites (N-methyl/N-ethyl adjacent to an activating group) is 1. The fourth-order valence-electron chi connectivity index (χ4n) is 2.10. The predicted molar refractivity (Wildman–Crippen MR) is 66.6 cm³/mol. The molecule has 1 aliphatic rings. The molecular weight excluding hydrogens is 230 g/mol. The number of nitrogens with one attached hydrogen (secondary N) is 1. The van der Waals surface area contributed by atoms with Crippen LogP contribution in [0.1, 0.15) is 24.7 Å². The van der Waals surface area contributed by atoms with Crippen LogP contribution in [0.2, 0.25) is 0 Å². The molecule has 1 aliphatic heterocycles. The van der Waals surface area contributed by atoms with Crippen molar-refractivity contribution in [2.24, 2.45) is 0 Å². The SMILES string of the molecule is CCN1C(=O)CC(NCc2cccc(C)n2)C1=O. The largest absolute Gasteiger partial charge is 0.300 e. The van der Waals surface area contributed by atoms with Crippen LogP contribution in [-0.2, 0) is 16.1 Å². The molecule has 18 heavy (non-hydrogen) atoms. The lowest BCUT2D eigenvalue weighted by molar-refractivity contribution is -0.138. The summed E-state index contributed by atoms with van der Waals surface area (Å²) in [6, 6.07) is 5.35. The molecule has 0 spiro atoms. The van der Waals surface area contributed by atoms with Crippen LogP contribution in [-0.4, -0.2) is 34.3 Å². The molecule has 1 aromatic rings. The van der Waals surface area contributed by atoms with Crippen molar-refractivity contribution in [1.82, 2.24) is 15.2 Å². The monoisotopic (exact) mass is 247 g/mol. The quantitative estimate of drug-likeness (QED) is 0.793. The molecule has 2 amide bonds. The summed E-state index contributed by atoms with van der Waals surface area (Å²) in [7, 11) is 0. The number of aromatic nitrogens is 1. The van der Waals surface area contributed by atoms with E-state index >= 15 is 0 Å². The van der Waals surface area contributed by atoms with Crippen LogP contribution in [0.25, 0.3) is 0 Å². The van der Waals surface area contributed by atoms with Crippen molar-refractivity contribution in [3.05, 3.63) is 29.6 Å². The molecule has 2 heterocycles. The highest BCUT2D eigenvalue weighted by Crippen LogP contribution is 2.13. The fraction of sp³-hybridized carbons (Fsp3) is 0.462. The minimum atomic E-state index is -0.403. The molecule has 0 aliphatic carbocycles. The molecule has 5 nitrogen and oxygen atoms in total. The van der Waals surface area contributed by atoms with Crippen molar-refractivity contribution >= 4 is 11.8 Å². The zero-order valence-electron chi connectivity index (χ0n) is 10.6. The van der Waals surface area contributed by atoms with Gasteiger partial charge >= 0.3 is 0 Å². The Balaban J connectivity index is 1.95. The van der Waals surface area contributed by atoms with E-state index in [0.717, 1.165) is 11.4 Å². The molecule has 0 saturated carbocycles. The van der Waals surface area contributed by atoms with Gasteiger partial charge in [0.2, 0.25) is 11.8 Å². The Labute approximate surface area is 106 Å². The first-order valence-corrected chi connectivity index (χ1v) is 6.12. The number of rotatable bonds is 4. The second kappa shape index (κ2) is 5.27. The van der Waals surface area contributed by atoms with Gasteiger partial charge in [0.15, 0.2) is 0 Å². The third-order valence-electron chi connectivity index (χ3n) is 3.04. The molecule has 1 fully saturated rings. The molecule has 2 rings (SSSR count). The number of carbonyl (C=O) groups excluding carboxylic acids is 2. The molecule has 1 aromatic heterocycles.